The van der Waals surface area contributed by atoms with Crippen molar-refractivity contribution in [3.63, 3.8) is 0 Å². The van der Waals surface area contributed by atoms with Gasteiger partial charge in [-0.25, -0.2) is 0 Å². The first-order valence-corrected chi connectivity index (χ1v) is 10.8. The van der Waals surface area contributed by atoms with Gasteiger partial charge >= 0.3 is 0 Å². The lowest BCUT2D eigenvalue weighted by Gasteiger charge is -2.22. The Morgan fingerprint density at radius 2 is 1.83 bits per heavy atom. The topological polar surface area (TPSA) is 45.3 Å². The van der Waals surface area contributed by atoms with E-state index in [1.165, 1.54) is 36.6 Å². The number of hydrogen-bond acceptors (Lipinski definition) is 2. The molecule has 0 atom stereocenters. The molecule has 0 unspecified atom stereocenters. The molecule has 1 heterocycles. The molecule has 1 amide bonds. The quantitative estimate of drug-likeness (QED) is 0.578. The van der Waals surface area contributed by atoms with Crippen LogP contribution in [0.15, 0.2) is 48.5 Å². The largest absolute Gasteiger partial charge is 0.497 e. The second-order valence-electron chi connectivity index (χ2n) is 8.47. The van der Waals surface area contributed by atoms with E-state index < -0.39 is 0 Å². The summed E-state index contributed by atoms with van der Waals surface area (Å²) in [5.41, 5.74) is 4.60. The number of carbonyl (C=O) groups excluding carboxylic acids is 1. The molecule has 4 heteroatoms. The molecule has 2 aliphatic carbocycles. The normalized spacial score (nSPS) is 16.2. The van der Waals surface area contributed by atoms with Crippen molar-refractivity contribution in [3.05, 3.63) is 54.1 Å². The van der Waals surface area contributed by atoms with Crippen LogP contribution in [-0.2, 0) is 11.2 Å². The highest BCUT2D eigenvalue weighted by Crippen LogP contribution is 2.36. The number of hydrogen-bond donors (Lipinski definition) is 1. The maximum absolute atomic E-state index is 13.0. The lowest BCUT2D eigenvalue weighted by molar-refractivity contribution is -0.132. The summed E-state index contributed by atoms with van der Waals surface area (Å²) in [6.45, 7) is 0.975. The Kier molecular flexibility index (Phi) is 4.78. The molecule has 2 saturated carbocycles. The molecular weight excluding hydrogens is 360 g/mol. The third-order valence-electron chi connectivity index (χ3n) is 6.24. The van der Waals surface area contributed by atoms with E-state index in [-0.39, 0.29) is 0 Å². The molecule has 0 saturated heterocycles. The van der Waals surface area contributed by atoms with Crippen LogP contribution in [0.5, 0.6) is 5.75 Å². The van der Waals surface area contributed by atoms with Gasteiger partial charge in [-0.1, -0.05) is 18.2 Å². The standard InChI is InChI=1S/C25H28N2O2/c1-29-20-12-8-18(9-13-20)25-22(21-4-2-3-5-23(21)26-25)14-15-24(28)27(19-10-11-19)16-17-6-7-17/h2-5,8-9,12-13,17,19,26H,6-7,10-11,14-16H2,1H3. The number of H-pyrrole nitrogens is 1. The monoisotopic (exact) mass is 388 g/mol. The molecule has 3 aromatic rings. The zero-order valence-electron chi connectivity index (χ0n) is 17.0. The summed E-state index contributed by atoms with van der Waals surface area (Å²) in [4.78, 5) is 18.8. The molecule has 2 aliphatic rings. The molecular formula is C25H28N2O2. The van der Waals surface area contributed by atoms with Crippen LogP contribution in [0.1, 0.15) is 37.7 Å². The van der Waals surface area contributed by atoms with Crippen LogP contribution in [0.2, 0.25) is 0 Å². The number of para-hydroxylation sites is 1. The molecule has 1 aromatic heterocycles. The van der Waals surface area contributed by atoms with Gasteiger partial charge in [-0.05, 0) is 79.5 Å². The predicted octanol–water partition coefficient (Wildman–Crippen LogP) is 5.18. The summed E-state index contributed by atoms with van der Waals surface area (Å²) in [6, 6.07) is 17.0. The van der Waals surface area contributed by atoms with Crippen LogP contribution >= 0.6 is 0 Å². The fourth-order valence-corrected chi connectivity index (χ4v) is 4.26. The first kappa shape index (κ1) is 18.3. The number of ether oxygens (including phenoxy) is 1. The molecule has 2 aromatic carbocycles. The summed E-state index contributed by atoms with van der Waals surface area (Å²) < 4.78 is 5.30. The van der Waals surface area contributed by atoms with Gasteiger partial charge in [0, 0.05) is 35.6 Å². The van der Waals surface area contributed by atoms with Crippen LogP contribution in [0.25, 0.3) is 22.2 Å². The zero-order valence-corrected chi connectivity index (χ0v) is 17.0. The van der Waals surface area contributed by atoms with E-state index in [4.69, 9.17) is 4.74 Å². The van der Waals surface area contributed by atoms with Crippen LogP contribution in [-0.4, -0.2) is 35.5 Å². The maximum Gasteiger partial charge on any atom is 0.223 e. The maximum atomic E-state index is 13.0. The zero-order chi connectivity index (χ0) is 19.8. The van der Waals surface area contributed by atoms with Crippen molar-refractivity contribution in [3.8, 4) is 17.0 Å². The summed E-state index contributed by atoms with van der Waals surface area (Å²) in [5, 5.41) is 1.21. The highest BCUT2D eigenvalue weighted by atomic mass is 16.5. The number of aromatic nitrogens is 1. The van der Waals surface area contributed by atoms with Crippen LogP contribution in [0, 0.1) is 5.92 Å². The first-order chi connectivity index (χ1) is 14.2. The van der Waals surface area contributed by atoms with E-state index in [1.807, 2.05) is 12.1 Å². The second-order valence-corrected chi connectivity index (χ2v) is 8.47. The van der Waals surface area contributed by atoms with E-state index in [0.29, 0.717) is 18.4 Å². The minimum absolute atomic E-state index is 0.324. The van der Waals surface area contributed by atoms with Gasteiger partial charge in [-0.3, -0.25) is 4.79 Å². The van der Waals surface area contributed by atoms with Crippen LogP contribution in [0.3, 0.4) is 0 Å². The van der Waals surface area contributed by atoms with Crippen LogP contribution in [0.4, 0.5) is 0 Å². The number of methoxy groups -OCH3 is 1. The van der Waals surface area contributed by atoms with Crippen molar-refractivity contribution in [2.75, 3.05) is 13.7 Å². The highest BCUT2D eigenvalue weighted by Gasteiger charge is 2.36. The minimum atomic E-state index is 0.324. The Balaban J connectivity index is 1.41. The molecule has 0 radical (unpaired) electrons. The van der Waals surface area contributed by atoms with Crippen molar-refractivity contribution >= 4 is 16.8 Å². The molecule has 29 heavy (non-hydrogen) atoms. The number of rotatable bonds is 8. The number of amides is 1. The summed E-state index contributed by atoms with van der Waals surface area (Å²) in [7, 11) is 1.68. The smallest absolute Gasteiger partial charge is 0.223 e. The lowest BCUT2D eigenvalue weighted by atomic mass is 10.0. The van der Waals surface area contributed by atoms with Gasteiger partial charge < -0.3 is 14.6 Å². The molecule has 0 bridgehead atoms. The van der Waals surface area contributed by atoms with E-state index in [0.717, 1.165) is 41.4 Å². The Morgan fingerprint density at radius 3 is 2.52 bits per heavy atom. The number of fused-ring (bicyclic) bond motifs is 1. The van der Waals surface area contributed by atoms with E-state index in [9.17, 15) is 4.79 Å². The first-order valence-electron chi connectivity index (χ1n) is 10.8. The summed E-state index contributed by atoms with van der Waals surface area (Å²) in [6.07, 6.45) is 6.29. The van der Waals surface area contributed by atoms with Gasteiger partial charge in [-0.2, -0.15) is 0 Å². The minimum Gasteiger partial charge on any atom is -0.497 e. The fourth-order valence-electron chi connectivity index (χ4n) is 4.26. The summed E-state index contributed by atoms with van der Waals surface area (Å²) in [5.74, 6) is 1.93. The molecule has 0 spiro atoms. The Bertz CT molecular complexity index is 1010. The van der Waals surface area contributed by atoms with Crippen LogP contribution < -0.4 is 4.74 Å². The van der Waals surface area contributed by atoms with Crippen molar-refractivity contribution in [1.82, 2.24) is 9.88 Å². The fraction of sp³-hybridized carbons (Fsp3) is 0.400. The second kappa shape index (κ2) is 7.58. The third kappa shape index (κ3) is 3.89. The number of benzene rings is 2. The van der Waals surface area contributed by atoms with Crippen molar-refractivity contribution in [1.29, 1.82) is 0 Å². The molecule has 4 nitrogen and oxygen atoms in total. The lowest BCUT2D eigenvalue weighted by Crippen LogP contribution is -2.35. The van der Waals surface area contributed by atoms with Gasteiger partial charge in [0.15, 0.2) is 0 Å². The van der Waals surface area contributed by atoms with Crippen molar-refractivity contribution < 1.29 is 9.53 Å². The average molecular weight is 389 g/mol. The van der Waals surface area contributed by atoms with Gasteiger partial charge in [0.2, 0.25) is 5.91 Å². The van der Waals surface area contributed by atoms with E-state index >= 15 is 0 Å². The Morgan fingerprint density at radius 1 is 1.07 bits per heavy atom. The number of nitrogens with zero attached hydrogens (tertiary/aromatic N) is 1. The van der Waals surface area contributed by atoms with E-state index in [1.54, 1.807) is 7.11 Å². The number of nitrogens with one attached hydrogen (secondary N) is 1. The number of carbonyl (C=O) groups is 1. The Hall–Kier alpha value is -2.75. The van der Waals surface area contributed by atoms with Gasteiger partial charge in [0.05, 0.1) is 7.11 Å². The van der Waals surface area contributed by atoms with Gasteiger partial charge in [0.1, 0.15) is 5.75 Å². The molecule has 150 valence electrons. The van der Waals surface area contributed by atoms with Crippen molar-refractivity contribution in [2.45, 2.75) is 44.6 Å². The number of aryl methyl sites for hydroxylation is 1. The molecule has 2 fully saturated rings. The Labute approximate surface area is 171 Å². The SMILES string of the molecule is COc1ccc(-c2[nH]c3ccccc3c2CCC(=O)N(CC2CC2)C2CC2)cc1. The molecule has 1 N–H and O–H groups in total. The summed E-state index contributed by atoms with van der Waals surface area (Å²) >= 11 is 0. The number of aromatic amines is 1. The van der Waals surface area contributed by atoms with E-state index in [2.05, 4.69) is 46.3 Å². The van der Waals surface area contributed by atoms with Gasteiger partial charge in [0.25, 0.3) is 0 Å². The third-order valence-corrected chi connectivity index (χ3v) is 6.24. The highest BCUT2D eigenvalue weighted by molar-refractivity contribution is 5.91. The van der Waals surface area contributed by atoms with Crippen molar-refractivity contribution in [2.24, 2.45) is 5.92 Å². The molecule has 5 rings (SSSR count). The molecule has 0 aliphatic heterocycles. The predicted molar refractivity (Wildman–Crippen MR) is 116 cm³/mol. The van der Waals surface area contributed by atoms with Gasteiger partial charge in [-0.15, -0.1) is 0 Å². The average Bonchev–Trinajstić information content (AvgIpc) is 3.68.